The van der Waals surface area contributed by atoms with Gasteiger partial charge in [0.1, 0.15) is 28.1 Å². The van der Waals surface area contributed by atoms with E-state index in [1.165, 1.54) is 10.6 Å². The van der Waals surface area contributed by atoms with Crippen LogP contribution in [0.1, 0.15) is 0 Å². The summed E-state index contributed by atoms with van der Waals surface area (Å²) in [4.78, 5) is 21.6. The molecule has 41 heavy (non-hydrogen) atoms. The molecule has 7 rings (SSSR count). The normalized spacial score (nSPS) is 20.0. The molecule has 0 bridgehead atoms. The van der Waals surface area contributed by atoms with Gasteiger partial charge in [0.25, 0.3) is 0 Å². The van der Waals surface area contributed by atoms with Crippen molar-refractivity contribution >= 4 is 38.8 Å². The average Bonchev–Trinajstić information content (AvgIpc) is 3.76. The molecule has 0 radical (unpaired) electrons. The summed E-state index contributed by atoms with van der Waals surface area (Å²) in [6.07, 6.45) is -0.131. The van der Waals surface area contributed by atoms with Crippen molar-refractivity contribution in [1.29, 1.82) is 0 Å². The van der Waals surface area contributed by atoms with Gasteiger partial charge in [0.2, 0.25) is 5.95 Å². The molecule has 0 saturated carbocycles. The summed E-state index contributed by atoms with van der Waals surface area (Å²) in [5, 5.41) is 7.43. The molecule has 2 aliphatic rings. The number of piperazine rings is 1. The second-order valence-electron chi connectivity index (χ2n) is 10.2. The van der Waals surface area contributed by atoms with E-state index in [1.54, 1.807) is 29.0 Å². The Hall–Kier alpha value is -4.01. The lowest BCUT2D eigenvalue weighted by molar-refractivity contribution is 0.139. The van der Waals surface area contributed by atoms with Crippen molar-refractivity contribution in [3.8, 4) is 17.2 Å². The molecule has 11 nitrogen and oxygen atoms in total. The number of benzene rings is 1. The number of halogens is 2. The van der Waals surface area contributed by atoms with Crippen molar-refractivity contribution in [2.24, 2.45) is 0 Å². The molecule has 1 aromatic carbocycles. The van der Waals surface area contributed by atoms with Crippen LogP contribution in [0.5, 0.6) is 5.75 Å². The van der Waals surface area contributed by atoms with Crippen molar-refractivity contribution in [2.45, 2.75) is 18.8 Å². The average molecular weight is 583 g/mol. The number of furan rings is 1. The Morgan fingerprint density at radius 2 is 2.00 bits per heavy atom. The number of nitrogens with one attached hydrogen (secondary N) is 1. The predicted molar refractivity (Wildman–Crippen MR) is 152 cm³/mol. The minimum Gasteiger partial charge on any atom is -0.486 e. The van der Waals surface area contributed by atoms with E-state index in [9.17, 15) is 13.6 Å². The Morgan fingerprint density at radius 1 is 1.15 bits per heavy atom. The van der Waals surface area contributed by atoms with E-state index < -0.39 is 18.1 Å². The van der Waals surface area contributed by atoms with E-state index >= 15 is 0 Å². The topological polar surface area (TPSA) is 119 Å². The fraction of sp³-hybridized carbons (Fsp3) is 0.370. The third kappa shape index (κ3) is 4.81. The summed E-state index contributed by atoms with van der Waals surface area (Å²) in [6, 6.07) is 10.2. The largest absolute Gasteiger partial charge is 0.486 e. The standard InChI is InChI=1S/C27H28F2N8O3S/c28-17-12-16(40-23-15-31-14-18(23)29)3-4-20(17)35-8-5-34(6-9-35)7-10-36-25-24(41-27(36)38)21-13-19(22-2-1-11-39-22)33-37(21)26(30)32-25/h1-4,11-13,18,23,31H,5-10,14-15H2,(H2,30,32)/t18-,23+/m1/s1. The summed E-state index contributed by atoms with van der Waals surface area (Å²) in [5.74, 6) is 0.731. The maximum atomic E-state index is 14.9. The number of nitrogen functional groups attached to an aromatic ring is 1. The Bertz CT molecular complexity index is 1760. The SMILES string of the molecule is Nc1nc2c(sc(=O)n2CCN2CCN(c3ccc(O[C@H]4CNC[C@H]4F)cc3F)CC2)c2cc(-c3ccco3)nn12. The number of hydrogen-bond acceptors (Lipinski definition) is 10. The zero-order chi connectivity index (χ0) is 28.1. The second-order valence-corrected chi connectivity index (χ2v) is 11.2. The van der Waals surface area contributed by atoms with Gasteiger partial charge in [-0.15, -0.1) is 0 Å². The van der Waals surface area contributed by atoms with Crippen LogP contribution in [0, 0.1) is 5.82 Å². The minimum atomic E-state index is -1.10. The Kier molecular flexibility index (Phi) is 6.60. The van der Waals surface area contributed by atoms with Gasteiger partial charge in [-0.3, -0.25) is 14.3 Å². The molecule has 0 aliphatic carbocycles. The van der Waals surface area contributed by atoms with Gasteiger partial charge in [0.15, 0.2) is 17.6 Å². The second kappa shape index (κ2) is 10.4. The lowest BCUT2D eigenvalue weighted by Gasteiger charge is -2.36. The Labute approximate surface area is 236 Å². The lowest BCUT2D eigenvalue weighted by Crippen LogP contribution is -2.47. The van der Waals surface area contributed by atoms with Crippen molar-refractivity contribution in [2.75, 3.05) is 56.4 Å². The number of thiazole rings is 1. The summed E-state index contributed by atoms with van der Waals surface area (Å²) >= 11 is 1.12. The molecule has 4 aromatic heterocycles. The van der Waals surface area contributed by atoms with Crippen LogP contribution in [0.25, 0.3) is 27.3 Å². The van der Waals surface area contributed by atoms with E-state index in [4.69, 9.17) is 14.9 Å². The highest BCUT2D eigenvalue weighted by Crippen LogP contribution is 2.29. The zero-order valence-electron chi connectivity index (χ0n) is 22.0. The van der Waals surface area contributed by atoms with Crippen LogP contribution in [0.15, 0.2) is 51.9 Å². The van der Waals surface area contributed by atoms with Gasteiger partial charge in [-0.1, -0.05) is 11.3 Å². The molecule has 214 valence electrons. The van der Waals surface area contributed by atoms with Crippen LogP contribution in [-0.2, 0) is 6.54 Å². The first-order valence-electron chi connectivity index (χ1n) is 13.5. The summed E-state index contributed by atoms with van der Waals surface area (Å²) in [7, 11) is 0. The Morgan fingerprint density at radius 3 is 2.73 bits per heavy atom. The quantitative estimate of drug-likeness (QED) is 0.299. The lowest BCUT2D eigenvalue weighted by atomic mass is 10.2. The zero-order valence-corrected chi connectivity index (χ0v) is 22.8. The van der Waals surface area contributed by atoms with Gasteiger partial charge in [0.05, 0.1) is 17.5 Å². The van der Waals surface area contributed by atoms with Gasteiger partial charge < -0.3 is 25.1 Å². The third-order valence-corrected chi connectivity index (χ3v) is 8.66. The first-order valence-corrected chi connectivity index (χ1v) is 14.3. The van der Waals surface area contributed by atoms with E-state index in [-0.39, 0.29) is 17.4 Å². The molecule has 2 atom stereocenters. The molecule has 0 amide bonds. The molecule has 0 spiro atoms. The van der Waals surface area contributed by atoms with Gasteiger partial charge in [-0.25, -0.2) is 8.78 Å². The van der Waals surface area contributed by atoms with Crippen LogP contribution in [0.4, 0.5) is 20.4 Å². The number of alkyl halides is 1. The highest BCUT2D eigenvalue weighted by Gasteiger charge is 2.29. The molecule has 6 heterocycles. The maximum Gasteiger partial charge on any atom is 0.309 e. The van der Waals surface area contributed by atoms with Crippen molar-refractivity contribution < 1.29 is 17.9 Å². The van der Waals surface area contributed by atoms with E-state index in [0.29, 0.717) is 84.6 Å². The Balaban J connectivity index is 1.01. The first-order chi connectivity index (χ1) is 19.9. The van der Waals surface area contributed by atoms with Crippen LogP contribution in [0.2, 0.25) is 0 Å². The molecule has 3 N–H and O–H groups in total. The fourth-order valence-electron chi connectivity index (χ4n) is 5.47. The highest BCUT2D eigenvalue weighted by molar-refractivity contribution is 7.17. The number of nitrogens with zero attached hydrogens (tertiary/aromatic N) is 6. The molecule has 2 saturated heterocycles. The van der Waals surface area contributed by atoms with Crippen molar-refractivity contribution in [3.05, 3.63) is 58.1 Å². The molecule has 2 aliphatic heterocycles. The van der Waals surface area contributed by atoms with Gasteiger partial charge in [0, 0.05) is 58.4 Å². The molecule has 2 fully saturated rings. The number of hydrogen-bond donors (Lipinski definition) is 2. The van der Waals surface area contributed by atoms with Gasteiger partial charge >= 0.3 is 4.87 Å². The first kappa shape index (κ1) is 25.9. The molecular weight excluding hydrogens is 554 g/mol. The fourth-order valence-corrected chi connectivity index (χ4v) is 6.43. The van der Waals surface area contributed by atoms with Gasteiger partial charge in [-0.2, -0.15) is 14.6 Å². The molecule has 5 aromatic rings. The maximum absolute atomic E-state index is 14.9. The smallest absolute Gasteiger partial charge is 0.309 e. The number of ether oxygens (including phenoxy) is 1. The molecular formula is C27H28F2N8O3S. The van der Waals surface area contributed by atoms with E-state index in [0.717, 1.165) is 11.3 Å². The summed E-state index contributed by atoms with van der Waals surface area (Å²) in [6.45, 7) is 4.43. The minimum absolute atomic E-state index is 0.115. The molecule has 14 heteroatoms. The molecule has 0 unspecified atom stereocenters. The van der Waals surface area contributed by atoms with Crippen LogP contribution >= 0.6 is 11.3 Å². The third-order valence-electron chi connectivity index (χ3n) is 7.67. The number of anilines is 2. The summed E-state index contributed by atoms with van der Waals surface area (Å²) < 4.78 is 43.8. The number of fused-ring (bicyclic) bond motifs is 3. The van der Waals surface area contributed by atoms with Crippen LogP contribution in [-0.4, -0.2) is 82.2 Å². The van der Waals surface area contributed by atoms with Gasteiger partial charge in [-0.05, 0) is 30.3 Å². The highest BCUT2D eigenvalue weighted by atomic mass is 32.1. The predicted octanol–water partition coefficient (Wildman–Crippen LogP) is 2.60. The number of nitrogens with two attached hydrogens (primary N) is 1. The number of aromatic nitrogens is 4. The van der Waals surface area contributed by atoms with Crippen molar-refractivity contribution in [1.82, 2.24) is 29.4 Å². The van der Waals surface area contributed by atoms with E-state index in [1.807, 2.05) is 17.0 Å². The van der Waals surface area contributed by atoms with Crippen LogP contribution in [0.3, 0.4) is 0 Å². The van der Waals surface area contributed by atoms with Crippen LogP contribution < -0.4 is 25.6 Å². The number of rotatable bonds is 7. The monoisotopic (exact) mass is 582 g/mol. The van der Waals surface area contributed by atoms with Crippen molar-refractivity contribution in [3.63, 3.8) is 0 Å². The van der Waals surface area contributed by atoms with E-state index in [2.05, 4.69) is 20.3 Å². The summed E-state index contributed by atoms with van der Waals surface area (Å²) in [5.41, 5.74) is 8.57.